The third-order valence-corrected chi connectivity index (χ3v) is 12.2. The quantitative estimate of drug-likeness (QED) is 0.161. The summed E-state index contributed by atoms with van der Waals surface area (Å²) < 4.78 is 9.31. The lowest BCUT2D eigenvalue weighted by atomic mass is 9.85. The van der Waals surface area contributed by atoms with Gasteiger partial charge in [0.05, 0.1) is 11.2 Å². The zero-order chi connectivity index (χ0) is 41.0. The fourth-order valence-electron chi connectivity index (χ4n) is 9.22. The molecule has 3 heterocycles. The van der Waals surface area contributed by atoms with Crippen LogP contribution < -0.4 is 4.74 Å². The summed E-state index contributed by atoms with van der Waals surface area (Å²) in [5, 5.41) is 1.20. The number of nitrogens with zero attached hydrogens (tertiary/aromatic N) is 4. The number of hydrogen-bond donors (Lipinski definition) is 0. The van der Waals surface area contributed by atoms with Gasteiger partial charge in [0.2, 0.25) is 0 Å². The van der Waals surface area contributed by atoms with E-state index in [-0.39, 0.29) is 12.0 Å². The Kier molecular flexibility index (Phi) is 8.56. The average molecular weight is 795 g/mol. The van der Waals surface area contributed by atoms with Crippen LogP contribution in [0, 0.1) is 0 Å². The van der Waals surface area contributed by atoms with Crippen LogP contribution in [0.25, 0.3) is 90.2 Å². The molecule has 5 nitrogen and oxygen atoms in total. The molecule has 1 aliphatic heterocycles. The molecule has 0 saturated carbocycles. The monoisotopic (exact) mass is 794 g/mol. The highest BCUT2D eigenvalue weighted by Crippen LogP contribution is 2.53. The van der Waals surface area contributed by atoms with Crippen molar-refractivity contribution in [1.82, 2.24) is 19.5 Å². The molecule has 292 valence electrons. The lowest BCUT2D eigenvalue weighted by Crippen LogP contribution is -2.13. The van der Waals surface area contributed by atoms with Crippen LogP contribution in [0.3, 0.4) is 0 Å². The van der Waals surface area contributed by atoms with E-state index in [1.165, 1.54) is 33.2 Å². The summed E-state index contributed by atoms with van der Waals surface area (Å²) in [4.78, 5) is 15.2. The van der Waals surface area contributed by atoms with Crippen molar-refractivity contribution in [3.63, 3.8) is 0 Å². The van der Waals surface area contributed by atoms with Gasteiger partial charge in [0.25, 0.3) is 0 Å². The maximum absolute atomic E-state index is 6.93. The van der Waals surface area contributed by atoms with Crippen LogP contribution in [-0.4, -0.2) is 19.5 Å². The summed E-state index contributed by atoms with van der Waals surface area (Å²) in [7, 11) is 0. The van der Waals surface area contributed by atoms with Gasteiger partial charge in [-0.15, -0.1) is 0 Å². The molecule has 0 radical (unpaired) electrons. The van der Waals surface area contributed by atoms with Gasteiger partial charge in [-0.05, 0) is 88.0 Å². The van der Waals surface area contributed by atoms with Gasteiger partial charge in [0.1, 0.15) is 11.9 Å². The molecular weight excluding hydrogens is 757 g/mol. The van der Waals surface area contributed by atoms with E-state index in [0.29, 0.717) is 17.5 Å². The maximum atomic E-state index is 6.93. The van der Waals surface area contributed by atoms with E-state index in [4.69, 9.17) is 19.7 Å². The SMILES string of the molecule is C1=CC2c3cc(-c4nc(-c5ccccc5)nc(-c5cccc(-c6ccccc6)c5)n4)ccc3OC2c2c1n(-c1ccc(-c3cccc(-c4ccccc4)c3)cc1)c1ccccc21. The molecule has 5 heteroatoms. The second kappa shape index (κ2) is 14.8. The predicted molar refractivity (Wildman–Crippen MR) is 251 cm³/mol. The minimum Gasteiger partial charge on any atom is -0.484 e. The summed E-state index contributed by atoms with van der Waals surface area (Å²) in [5.41, 5.74) is 15.6. The highest BCUT2D eigenvalue weighted by atomic mass is 16.5. The van der Waals surface area contributed by atoms with Gasteiger partial charge in [-0.1, -0.05) is 164 Å². The largest absolute Gasteiger partial charge is 0.484 e. The van der Waals surface area contributed by atoms with Crippen molar-refractivity contribution in [2.45, 2.75) is 12.0 Å². The highest BCUT2D eigenvalue weighted by molar-refractivity contribution is 5.92. The fourth-order valence-corrected chi connectivity index (χ4v) is 9.22. The van der Waals surface area contributed by atoms with Gasteiger partial charge in [-0.25, -0.2) is 15.0 Å². The maximum Gasteiger partial charge on any atom is 0.164 e. The van der Waals surface area contributed by atoms with E-state index in [0.717, 1.165) is 56.0 Å². The van der Waals surface area contributed by atoms with Crippen LogP contribution in [0.2, 0.25) is 0 Å². The van der Waals surface area contributed by atoms with Crippen molar-refractivity contribution in [1.29, 1.82) is 0 Å². The Morgan fingerprint density at radius 1 is 0.403 bits per heavy atom. The first-order valence-electron chi connectivity index (χ1n) is 21.1. The molecule has 0 saturated heterocycles. The van der Waals surface area contributed by atoms with Crippen molar-refractivity contribution in [2.24, 2.45) is 0 Å². The zero-order valence-corrected chi connectivity index (χ0v) is 33.6. The second-order valence-electron chi connectivity index (χ2n) is 15.9. The molecule has 2 aromatic heterocycles. The number of rotatable bonds is 7. The molecule has 0 N–H and O–H groups in total. The second-order valence-corrected chi connectivity index (χ2v) is 15.9. The van der Waals surface area contributed by atoms with Crippen LogP contribution >= 0.6 is 0 Å². The van der Waals surface area contributed by atoms with Gasteiger partial charge < -0.3 is 9.30 Å². The van der Waals surface area contributed by atoms with Crippen LogP contribution in [-0.2, 0) is 0 Å². The number of aromatic nitrogens is 4. The van der Waals surface area contributed by atoms with E-state index in [1.54, 1.807) is 0 Å². The Morgan fingerprint density at radius 2 is 0.887 bits per heavy atom. The van der Waals surface area contributed by atoms with Crippen LogP contribution in [0.15, 0.2) is 212 Å². The average Bonchev–Trinajstić information content (AvgIpc) is 3.90. The molecule has 12 rings (SSSR count). The highest BCUT2D eigenvalue weighted by Gasteiger charge is 2.40. The lowest BCUT2D eigenvalue weighted by molar-refractivity contribution is 0.224. The minimum atomic E-state index is -0.180. The normalized spacial score (nSPS) is 14.8. The topological polar surface area (TPSA) is 52.8 Å². The van der Waals surface area contributed by atoms with Crippen LogP contribution in [0.4, 0.5) is 0 Å². The van der Waals surface area contributed by atoms with Gasteiger partial charge in [-0.2, -0.15) is 0 Å². The van der Waals surface area contributed by atoms with Gasteiger partial charge in [0, 0.05) is 44.8 Å². The Morgan fingerprint density at radius 3 is 1.53 bits per heavy atom. The molecule has 2 aliphatic rings. The molecule has 2 atom stereocenters. The summed E-state index contributed by atoms with van der Waals surface area (Å²) in [5.74, 6) is 2.79. The molecule has 0 bridgehead atoms. The summed E-state index contributed by atoms with van der Waals surface area (Å²) in [6.07, 6.45) is 4.42. The third-order valence-electron chi connectivity index (χ3n) is 12.2. The van der Waals surface area contributed by atoms with Crippen molar-refractivity contribution >= 4 is 17.0 Å². The number of para-hydroxylation sites is 1. The van der Waals surface area contributed by atoms with Gasteiger partial charge in [0.15, 0.2) is 17.5 Å². The van der Waals surface area contributed by atoms with Crippen molar-refractivity contribution in [3.8, 4) is 79.0 Å². The molecule has 0 amide bonds. The van der Waals surface area contributed by atoms with E-state index < -0.39 is 0 Å². The predicted octanol–water partition coefficient (Wildman–Crippen LogP) is 14.1. The first-order chi connectivity index (χ1) is 30.7. The summed E-state index contributed by atoms with van der Waals surface area (Å²) in [6.45, 7) is 0. The van der Waals surface area contributed by atoms with Crippen molar-refractivity contribution < 1.29 is 4.74 Å². The summed E-state index contributed by atoms with van der Waals surface area (Å²) in [6, 6.07) is 72.3. The fraction of sp³-hybridized carbons (Fsp3) is 0.0351. The smallest absolute Gasteiger partial charge is 0.164 e. The lowest BCUT2D eigenvalue weighted by Gasteiger charge is -2.22. The van der Waals surface area contributed by atoms with E-state index in [2.05, 4.69) is 187 Å². The molecule has 10 aromatic rings. The molecule has 0 fully saturated rings. The minimum absolute atomic E-state index is 0.0217. The molecule has 0 spiro atoms. The first kappa shape index (κ1) is 35.8. The third kappa shape index (κ3) is 6.22. The Labute approximate surface area is 360 Å². The van der Waals surface area contributed by atoms with Crippen molar-refractivity contribution in [2.75, 3.05) is 0 Å². The Hall–Kier alpha value is -8.15. The van der Waals surface area contributed by atoms with Crippen molar-refractivity contribution in [3.05, 3.63) is 229 Å². The standard InChI is InChI=1S/C57H38N4O/c1-4-14-37(15-5-1)41-20-12-21-42(34-41)39-26-29-46(30-27-39)61-50-25-11-10-24-48(50)53-51(61)32-31-47-49-36-45(28-33-52(49)62-54(47)53)57-59-55(40-18-8-3-9-19-40)58-56(60-57)44-23-13-22-43(35-44)38-16-6-2-7-17-38/h1-36,47,54H. The number of ether oxygens (including phenoxy) is 1. The molecule has 1 aliphatic carbocycles. The zero-order valence-electron chi connectivity index (χ0n) is 33.6. The first-order valence-corrected chi connectivity index (χ1v) is 21.1. The molecule has 62 heavy (non-hydrogen) atoms. The Balaban J connectivity index is 0.904. The number of benzene rings is 8. The number of hydrogen-bond acceptors (Lipinski definition) is 4. The van der Waals surface area contributed by atoms with E-state index in [9.17, 15) is 0 Å². The van der Waals surface area contributed by atoms with Gasteiger partial charge in [-0.3, -0.25) is 0 Å². The van der Waals surface area contributed by atoms with E-state index in [1.807, 2.05) is 36.4 Å². The van der Waals surface area contributed by atoms with Crippen LogP contribution in [0.1, 0.15) is 28.8 Å². The molecule has 8 aromatic carbocycles. The Bertz CT molecular complexity index is 3320. The number of fused-ring (bicyclic) bond motifs is 7. The summed E-state index contributed by atoms with van der Waals surface area (Å²) >= 11 is 0. The molecular formula is C57H38N4O. The van der Waals surface area contributed by atoms with Gasteiger partial charge >= 0.3 is 0 Å². The van der Waals surface area contributed by atoms with Crippen LogP contribution in [0.5, 0.6) is 5.75 Å². The van der Waals surface area contributed by atoms with E-state index >= 15 is 0 Å². The molecule has 2 unspecified atom stereocenters.